The van der Waals surface area contributed by atoms with Gasteiger partial charge in [-0.25, -0.2) is 0 Å². The number of nitrogens with one attached hydrogen (secondary N) is 1. The van der Waals surface area contributed by atoms with Gasteiger partial charge in [-0.15, -0.1) is 0 Å². The van der Waals surface area contributed by atoms with Crippen molar-refractivity contribution in [2.24, 2.45) is 0 Å². The van der Waals surface area contributed by atoms with E-state index in [4.69, 9.17) is 4.74 Å². The molecule has 0 aromatic heterocycles. The zero-order valence-electron chi connectivity index (χ0n) is 13.3. The van der Waals surface area contributed by atoms with Crippen LogP contribution < -0.4 is 10.1 Å². The SMILES string of the molecule is COc1ccc([C@H]2Cc3cc(C(F)(F)F)ccc3NC(=O)[C@@H]2O)cc1. The van der Waals surface area contributed by atoms with E-state index in [1.807, 2.05) is 0 Å². The highest BCUT2D eigenvalue weighted by molar-refractivity contribution is 5.96. The molecular formula is C18H16F3NO3. The summed E-state index contributed by atoms with van der Waals surface area (Å²) < 4.78 is 44.0. The van der Waals surface area contributed by atoms with E-state index in [9.17, 15) is 23.1 Å². The van der Waals surface area contributed by atoms with Crippen LogP contribution >= 0.6 is 0 Å². The van der Waals surface area contributed by atoms with Crippen molar-refractivity contribution < 1.29 is 27.8 Å². The zero-order valence-corrected chi connectivity index (χ0v) is 13.3. The van der Waals surface area contributed by atoms with E-state index < -0.39 is 29.7 Å². The number of aliphatic hydroxyl groups excluding tert-OH is 1. The third-order valence-electron chi connectivity index (χ3n) is 4.32. The third kappa shape index (κ3) is 3.46. The number of carbonyl (C=O) groups is 1. The number of alkyl halides is 3. The number of fused-ring (bicyclic) bond motifs is 1. The fraction of sp³-hybridized carbons (Fsp3) is 0.278. The lowest BCUT2D eigenvalue weighted by Gasteiger charge is -2.20. The first-order valence-electron chi connectivity index (χ1n) is 7.62. The summed E-state index contributed by atoms with van der Waals surface area (Å²) in [6.45, 7) is 0. The van der Waals surface area contributed by atoms with Crippen LogP contribution in [-0.4, -0.2) is 24.2 Å². The number of benzene rings is 2. The minimum atomic E-state index is -4.47. The largest absolute Gasteiger partial charge is 0.497 e. The number of rotatable bonds is 2. The highest BCUT2D eigenvalue weighted by Gasteiger charge is 2.35. The monoisotopic (exact) mass is 351 g/mol. The molecule has 2 atom stereocenters. The van der Waals surface area contributed by atoms with Crippen molar-refractivity contribution in [2.45, 2.75) is 24.6 Å². The van der Waals surface area contributed by atoms with Gasteiger partial charge in [0.15, 0.2) is 0 Å². The first-order chi connectivity index (χ1) is 11.8. The summed E-state index contributed by atoms with van der Waals surface area (Å²) in [5, 5.41) is 12.8. The first-order valence-corrected chi connectivity index (χ1v) is 7.62. The molecule has 132 valence electrons. The van der Waals surface area contributed by atoms with Crippen molar-refractivity contribution in [1.29, 1.82) is 0 Å². The maximum Gasteiger partial charge on any atom is 0.416 e. The molecule has 0 fully saturated rings. The number of carbonyl (C=O) groups excluding carboxylic acids is 1. The van der Waals surface area contributed by atoms with Gasteiger partial charge < -0.3 is 15.2 Å². The quantitative estimate of drug-likeness (QED) is 0.872. The first kappa shape index (κ1) is 17.3. The molecule has 2 aromatic carbocycles. The van der Waals surface area contributed by atoms with Crippen LogP contribution in [0.25, 0.3) is 0 Å². The topological polar surface area (TPSA) is 58.6 Å². The fourth-order valence-electron chi connectivity index (χ4n) is 2.95. The van der Waals surface area contributed by atoms with Gasteiger partial charge in [-0.1, -0.05) is 12.1 Å². The predicted molar refractivity (Wildman–Crippen MR) is 85.5 cm³/mol. The van der Waals surface area contributed by atoms with Crippen LogP contribution in [0, 0.1) is 0 Å². The molecule has 3 rings (SSSR count). The van der Waals surface area contributed by atoms with E-state index >= 15 is 0 Å². The molecule has 0 aliphatic carbocycles. The number of halogens is 3. The Morgan fingerprint density at radius 2 is 1.84 bits per heavy atom. The lowest BCUT2D eigenvalue weighted by atomic mass is 9.87. The molecule has 2 N–H and O–H groups in total. The molecule has 0 radical (unpaired) electrons. The number of amides is 1. The molecule has 4 nitrogen and oxygen atoms in total. The highest BCUT2D eigenvalue weighted by atomic mass is 19.4. The van der Waals surface area contributed by atoms with Gasteiger partial charge in [0.1, 0.15) is 11.9 Å². The molecule has 1 heterocycles. The average Bonchev–Trinajstić information content (AvgIpc) is 2.71. The van der Waals surface area contributed by atoms with Gasteiger partial charge in [0.2, 0.25) is 0 Å². The van der Waals surface area contributed by atoms with Crippen molar-refractivity contribution in [2.75, 3.05) is 12.4 Å². The van der Waals surface area contributed by atoms with Crippen molar-refractivity contribution in [1.82, 2.24) is 0 Å². The maximum absolute atomic E-state index is 13.0. The molecule has 0 spiro atoms. The van der Waals surface area contributed by atoms with Gasteiger partial charge in [0, 0.05) is 11.6 Å². The van der Waals surface area contributed by atoms with Gasteiger partial charge in [-0.05, 0) is 47.9 Å². The van der Waals surface area contributed by atoms with Crippen LogP contribution in [0.1, 0.15) is 22.6 Å². The lowest BCUT2D eigenvalue weighted by Crippen LogP contribution is -2.31. The van der Waals surface area contributed by atoms with Crippen LogP contribution in [0.4, 0.5) is 18.9 Å². The lowest BCUT2D eigenvalue weighted by molar-refractivity contribution is -0.137. The minimum Gasteiger partial charge on any atom is -0.497 e. The van der Waals surface area contributed by atoms with Crippen molar-refractivity contribution >= 4 is 11.6 Å². The predicted octanol–water partition coefficient (Wildman–Crippen LogP) is 3.35. The van der Waals surface area contributed by atoms with E-state index in [1.54, 1.807) is 24.3 Å². The fourth-order valence-corrected chi connectivity index (χ4v) is 2.95. The number of anilines is 1. The van der Waals surface area contributed by atoms with E-state index in [0.717, 1.165) is 12.1 Å². The Balaban J connectivity index is 2.01. The standard InChI is InChI=1S/C18H16F3NO3/c1-25-13-5-2-10(3-6-13)14-9-11-8-12(18(19,20)21)4-7-15(11)22-17(24)16(14)23/h2-8,14,16,23H,9H2,1H3,(H,22,24)/t14-,16-/m1/s1. The van der Waals surface area contributed by atoms with Crippen LogP contribution in [0.3, 0.4) is 0 Å². The number of hydrogen-bond donors (Lipinski definition) is 2. The third-order valence-corrected chi connectivity index (χ3v) is 4.32. The minimum absolute atomic E-state index is 0.103. The van der Waals surface area contributed by atoms with Crippen LogP contribution in [0.5, 0.6) is 5.75 Å². The summed E-state index contributed by atoms with van der Waals surface area (Å²) >= 11 is 0. The summed E-state index contributed by atoms with van der Waals surface area (Å²) in [7, 11) is 1.51. The Morgan fingerprint density at radius 3 is 2.44 bits per heavy atom. The van der Waals surface area contributed by atoms with Crippen LogP contribution in [0.15, 0.2) is 42.5 Å². The average molecular weight is 351 g/mol. The van der Waals surface area contributed by atoms with E-state index in [2.05, 4.69) is 5.32 Å². The summed E-state index contributed by atoms with van der Waals surface area (Å²) in [5.74, 6) is -0.689. The zero-order chi connectivity index (χ0) is 18.2. The highest BCUT2D eigenvalue weighted by Crippen LogP contribution is 2.36. The maximum atomic E-state index is 13.0. The Labute approximate surface area is 142 Å². The second-order valence-electron chi connectivity index (χ2n) is 5.89. The Kier molecular flexibility index (Phi) is 4.43. The van der Waals surface area contributed by atoms with Gasteiger partial charge in [-0.2, -0.15) is 13.2 Å². The molecule has 1 aliphatic heterocycles. The van der Waals surface area contributed by atoms with E-state index in [-0.39, 0.29) is 12.1 Å². The number of ether oxygens (including phenoxy) is 1. The smallest absolute Gasteiger partial charge is 0.416 e. The second kappa shape index (κ2) is 6.40. The van der Waals surface area contributed by atoms with E-state index in [0.29, 0.717) is 16.9 Å². The van der Waals surface area contributed by atoms with Crippen LogP contribution in [-0.2, 0) is 17.4 Å². The van der Waals surface area contributed by atoms with Gasteiger partial charge in [0.05, 0.1) is 12.7 Å². The number of aliphatic hydroxyl groups is 1. The molecular weight excluding hydrogens is 335 g/mol. The molecule has 1 amide bonds. The molecule has 2 aromatic rings. The Bertz CT molecular complexity index is 787. The van der Waals surface area contributed by atoms with E-state index in [1.165, 1.54) is 13.2 Å². The Hall–Kier alpha value is -2.54. The van der Waals surface area contributed by atoms with Gasteiger partial charge in [0.25, 0.3) is 5.91 Å². The molecule has 25 heavy (non-hydrogen) atoms. The molecule has 0 saturated heterocycles. The molecule has 0 bridgehead atoms. The number of hydrogen-bond acceptors (Lipinski definition) is 3. The normalized spacial score (nSPS) is 20.4. The van der Waals surface area contributed by atoms with Crippen LogP contribution in [0.2, 0.25) is 0 Å². The molecule has 0 unspecified atom stereocenters. The van der Waals surface area contributed by atoms with Crippen molar-refractivity contribution in [3.63, 3.8) is 0 Å². The Morgan fingerprint density at radius 1 is 1.16 bits per heavy atom. The molecule has 1 aliphatic rings. The molecule has 7 heteroatoms. The summed E-state index contributed by atoms with van der Waals surface area (Å²) in [4.78, 5) is 12.2. The van der Waals surface area contributed by atoms with Gasteiger partial charge >= 0.3 is 6.18 Å². The van der Waals surface area contributed by atoms with Crippen molar-refractivity contribution in [3.05, 3.63) is 59.2 Å². The van der Waals surface area contributed by atoms with Crippen molar-refractivity contribution in [3.8, 4) is 5.75 Å². The summed E-state index contributed by atoms with van der Waals surface area (Å²) in [6.07, 6.45) is -5.74. The number of methoxy groups -OCH3 is 1. The summed E-state index contributed by atoms with van der Waals surface area (Å²) in [5.41, 5.74) is 0.479. The second-order valence-corrected chi connectivity index (χ2v) is 5.89. The summed E-state index contributed by atoms with van der Waals surface area (Å²) in [6, 6.07) is 9.90. The molecule has 0 saturated carbocycles. The van der Waals surface area contributed by atoms with Gasteiger partial charge in [-0.3, -0.25) is 4.79 Å².